The molecule has 0 aromatic carbocycles. The van der Waals surface area contributed by atoms with Crippen LogP contribution in [-0.2, 0) is 4.74 Å². The van der Waals surface area contributed by atoms with Crippen molar-refractivity contribution < 1.29 is 13.9 Å². The minimum atomic E-state index is -0.450. The van der Waals surface area contributed by atoms with Gasteiger partial charge in [-0.1, -0.05) is 0 Å². The molecule has 0 fully saturated rings. The Morgan fingerprint density at radius 2 is 1.76 bits per heavy atom. The first-order valence-electron chi connectivity index (χ1n) is 6.19. The minimum Gasteiger partial charge on any atom is -0.444 e. The summed E-state index contributed by atoms with van der Waals surface area (Å²) >= 11 is 0. The third-order valence-corrected chi connectivity index (χ3v) is 1.94. The predicted octanol–water partition coefficient (Wildman–Crippen LogP) is 2.24. The molecule has 0 radical (unpaired) electrons. The van der Waals surface area contributed by atoms with E-state index in [-0.39, 0.29) is 12.8 Å². The molecule has 102 valence electrons. The highest BCUT2D eigenvalue weighted by Gasteiger charge is 2.15. The zero-order valence-electron chi connectivity index (χ0n) is 11.1. The number of nitrogens with one attached hydrogen (secondary N) is 2. The second kappa shape index (κ2) is 9.22. The molecular formula is C12H25FN2O2. The normalized spacial score (nSPS) is 11.3. The van der Waals surface area contributed by atoms with Gasteiger partial charge >= 0.3 is 6.09 Å². The summed E-state index contributed by atoms with van der Waals surface area (Å²) in [6, 6.07) is 0. The first-order valence-corrected chi connectivity index (χ1v) is 6.19. The van der Waals surface area contributed by atoms with Crippen LogP contribution in [0.2, 0.25) is 0 Å². The van der Waals surface area contributed by atoms with E-state index in [0.717, 1.165) is 25.9 Å². The Kier molecular flexibility index (Phi) is 8.76. The summed E-state index contributed by atoms with van der Waals surface area (Å²) < 4.78 is 16.8. The van der Waals surface area contributed by atoms with E-state index in [1.54, 1.807) is 0 Å². The third kappa shape index (κ3) is 13.1. The Labute approximate surface area is 103 Å². The number of ether oxygens (including phenoxy) is 1. The highest BCUT2D eigenvalue weighted by Crippen LogP contribution is 2.06. The van der Waals surface area contributed by atoms with Crippen LogP contribution in [0.25, 0.3) is 0 Å². The van der Waals surface area contributed by atoms with Gasteiger partial charge in [-0.2, -0.15) is 0 Å². The number of hydrogen-bond acceptors (Lipinski definition) is 3. The number of halogens is 1. The molecule has 0 aliphatic rings. The van der Waals surface area contributed by atoms with Crippen molar-refractivity contribution in [3.63, 3.8) is 0 Å². The van der Waals surface area contributed by atoms with E-state index < -0.39 is 5.60 Å². The quantitative estimate of drug-likeness (QED) is 0.648. The molecule has 0 saturated heterocycles. The van der Waals surface area contributed by atoms with E-state index in [4.69, 9.17) is 4.74 Å². The lowest BCUT2D eigenvalue weighted by Crippen LogP contribution is -2.34. The number of carbonyl (C=O) groups excluding carboxylic acids is 1. The molecule has 0 heterocycles. The summed E-state index contributed by atoms with van der Waals surface area (Å²) in [5.41, 5.74) is -0.450. The topological polar surface area (TPSA) is 50.4 Å². The van der Waals surface area contributed by atoms with Crippen molar-refractivity contribution in [3.05, 3.63) is 0 Å². The molecule has 0 aromatic heterocycles. The third-order valence-electron chi connectivity index (χ3n) is 1.94. The van der Waals surface area contributed by atoms with Gasteiger partial charge in [0.1, 0.15) is 5.60 Å². The van der Waals surface area contributed by atoms with Gasteiger partial charge in [0.15, 0.2) is 0 Å². The molecule has 2 N–H and O–H groups in total. The van der Waals surface area contributed by atoms with Crippen LogP contribution in [0.15, 0.2) is 0 Å². The highest BCUT2D eigenvalue weighted by molar-refractivity contribution is 5.67. The molecule has 4 nitrogen and oxygen atoms in total. The number of carbonyl (C=O) groups is 1. The van der Waals surface area contributed by atoms with Crippen molar-refractivity contribution >= 4 is 6.09 Å². The van der Waals surface area contributed by atoms with E-state index in [9.17, 15) is 9.18 Å². The predicted molar refractivity (Wildman–Crippen MR) is 66.9 cm³/mol. The van der Waals surface area contributed by atoms with E-state index >= 15 is 0 Å². The van der Waals surface area contributed by atoms with Gasteiger partial charge in [-0.05, 0) is 53.1 Å². The fourth-order valence-electron chi connectivity index (χ4n) is 1.19. The van der Waals surface area contributed by atoms with E-state index in [0.29, 0.717) is 13.0 Å². The molecule has 0 aromatic rings. The van der Waals surface area contributed by atoms with Crippen molar-refractivity contribution in [1.82, 2.24) is 10.6 Å². The van der Waals surface area contributed by atoms with E-state index in [1.807, 2.05) is 20.8 Å². The summed E-state index contributed by atoms with van der Waals surface area (Å²) in [4.78, 5) is 11.2. The number of alkyl halides is 1. The number of alkyl carbamates (subject to hydrolysis) is 1. The summed E-state index contributed by atoms with van der Waals surface area (Å²) in [6.45, 7) is 7.49. The summed E-state index contributed by atoms with van der Waals surface area (Å²) in [5.74, 6) is 0. The number of rotatable bonds is 8. The Balaban J connectivity index is 3.25. The van der Waals surface area contributed by atoms with Crippen LogP contribution in [0, 0.1) is 0 Å². The molecule has 0 aliphatic carbocycles. The molecule has 1 amide bonds. The van der Waals surface area contributed by atoms with Crippen LogP contribution < -0.4 is 10.6 Å². The Bertz CT molecular complexity index is 205. The molecule has 17 heavy (non-hydrogen) atoms. The first kappa shape index (κ1) is 16.2. The second-order valence-electron chi connectivity index (χ2n) is 4.93. The van der Waals surface area contributed by atoms with Crippen molar-refractivity contribution in [2.45, 2.75) is 45.6 Å². The zero-order valence-corrected chi connectivity index (χ0v) is 11.1. The average Bonchev–Trinajstić information content (AvgIpc) is 2.19. The maximum atomic E-state index is 11.8. The van der Waals surface area contributed by atoms with Gasteiger partial charge in [0.2, 0.25) is 0 Å². The fourth-order valence-corrected chi connectivity index (χ4v) is 1.19. The molecule has 5 heteroatoms. The van der Waals surface area contributed by atoms with Crippen LogP contribution >= 0.6 is 0 Å². The first-order chi connectivity index (χ1) is 7.95. The van der Waals surface area contributed by atoms with Crippen molar-refractivity contribution in [2.24, 2.45) is 0 Å². The van der Waals surface area contributed by atoms with Gasteiger partial charge in [0.25, 0.3) is 0 Å². The molecular weight excluding hydrogens is 223 g/mol. The standard InChI is InChI=1S/C12H25FN2O2/c1-12(2,3)17-11(16)15-10-6-9-14-8-5-4-7-13/h14H,4-10H2,1-3H3,(H,15,16). The lowest BCUT2D eigenvalue weighted by molar-refractivity contribution is 0.0527. The Morgan fingerprint density at radius 3 is 2.35 bits per heavy atom. The van der Waals surface area contributed by atoms with E-state index in [1.165, 1.54) is 0 Å². The summed E-state index contributed by atoms with van der Waals surface area (Å²) in [5, 5.41) is 5.86. The van der Waals surface area contributed by atoms with E-state index in [2.05, 4.69) is 10.6 Å². The largest absolute Gasteiger partial charge is 0.444 e. The number of unbranched alkanes of at least 4 members (excludes halogenated alkanes) is 1. The number of amides is 1. The molecule has 0 bridgehead atoms. The Morgan fingerprint density at radius 1 is 1.12 bits per heavy atom. The van der Waals surface area contributed by atoms with Crippen LogP contribution in [-0.4, -0.2) is 38.0 Å². The van der Waals surface area contributed by atoms with Crippen LogP contribution in [0.5, 0.6) is 0 Å². The monoisotopic (exact) mass is 248 g/mol. The van der Waals surface area contributed by atoms with Gasteiger partial charge < -0.3 is 15.4 Å². The fraction of sp³-hybridized carbons (Fsp3) is 0.917. The van der Waals surface area contributed by atoms with Gasteiger partial charge in [0.05, 0.1) is 6.67 Å². The number of hydrogen-bond donors (Lipinski definition) is 2. The van der Waals surface area contributed by atoms with Gasteiger partial charge in [-0.25, -0.2) is 4.79 Å². The molecule has 0 spiro atoms. The zero-order chi connectivity index (χ0) is 13.1. The average molecular weight is 248 g/mol. The van der Waals surface area contributed by atoms with Crippen molar-refractivity contribution in [1.29, 1.82) is 0 Å². The van der Waals surface area contributed by atoms with Crippen LogP contribution in [0.4, 0.5) is 9.18 Å². The molecule has 0 unspecified atom stereocenters. The maximum absolute atomic E-state index is 11.8. The van der Waals surface area contributed by atoms with Gasteiger partial charge in [-0.15, -0.1) is 0 Å². The second-order valence-corrected chi connectivity index (χ2v) is 4.93. The lowest BCUT2D eigenvalue weighted by Gasteiger charge is -2.19. The molecule has 0 atom stereocenters. The lowest BCUT2D eigenvalue weighted by atomic mass is 10.2. The van der Waals surface area contributed by atoms with Crippen molar-refractivity contribution in [2.75, 3.05) is 26.3 Å². The van der Waals surface area contributed by atoms with Crippen LogP contribution in [0.1, 0.15) is 40.0 Å². The molecule has 0 rings (SSSR count). The maximum Gasteiger partial charge on any atom is 0.407 e. The van der Waals surface area contributed by atoms with Gasteiger partial charge in [0, 0.05) is 6.54 Å². The van der Waals surface area contributed by atoms with Gasteiger partial charge in [-0.3, -0.25) is 4.39 Å². The van der Waals surface area contributed by atoms with Crippen LogP contribution in [0.3, 0.4) is 0 Å². The summed E-state index contributed by atoms with van der Waals surface area (Å²) in [6.07, 6.45) is 1.93. The Hall–Kier alpha value is -0.840. The minimum absolute atomic E-state index is 0.248. The highest BCUT2D eigenvalue weighted by atomic mass is 19.1. The molecule has 0 aliphatic heterocycles. The molecule has 0 saturated carbocycles. The SMILES string of the molecule is CC(C)(C)OC(=O)NCCCNCCCCF. The smallest absolute Gasteiger partial charge is 0.407 e. The van der Waals surface area contributed by atoms with Crippen molar-refractivity contribution in [3.8, 4) is 0 Å². The summed E-state index contributed by atoms with van der Waals surface area (Å²) in [7, 11) is 0.